The van der Waals surface area contributed by atoms with Gasteiger partial charge < -0.3 is 21.4 Å². The van der Waals surface area contributed by atoms with Gasteiger partial charge in [-0.15, -0.1) is 0 Å². The Morgan fingerprint density at radius 3 is 2.77 bits per heavy atom. The molecule has 0 unspecified atom stereocenters. The molecule has 0 atom stereocenters. The zero-order chi connectivity index (χ0) is 21.2. The van der Waals surface area contributed by atoms with E-state index in [1.165, 1.54) is 5.56 Å². The smallest absolute Gasteiger partial charge is 0.249 e. The van der Waals surface area contributed by atoms with Gasteiger partial charge in [0, 0.05) is 41.2 Å². The van der Waals surface area contributed by atoms with Crippen molar-refractivity contribution in [2.24, 2.45) is 5.73 Å². The number of nitrogens with zero attached hydrogens (tertiary/aromatic N) is 2. The predicted molar refractivity (Wildman–Crippen MR) is 122 cm³/mol. The number of aryl methyl sites for hydroxylation is 1. The maximum atomic E-state index is 11.8. The molecule has 0 fully saturated rings. The molecule has 1 amide bonds. The van der Waals surface area contributed by atoms with E-state index >= 15 is 0 Å². The highest BCUT2D eigenvalue weighted by Crippen LogP contribution is 2.31. The quantitative estimate of drug-likeness (QED) is 0.402. The third-order valence-corrected chi connectivity index (χ3v) is 5.69. The van der Waals surface area contributed by atoms with Crippen molar-refractivity contribution in [3.05, 3.63) is 77.1 Å². The summed E-state index contributed by atoms with van der Waals surface area (Å²) in [7, 11) is 0. The number of benzene rings is 2. The van der Waals surface area contributed by atoms with Gasteiger partial charge in [-0.2, -0.15) is 0 Å². The van der Waals surface area contributed by atoms with Crippen molar-refractivity contribution >= 4 is 22.5 Å². The van der Waals surface area contributed by atoms with Gasteiger partial charge >= 0.3 is 0 Å². The van der Waals surface area contributed by atoms with Crippen LogP contribution in [0.25, 0.3) is 22.3 Å². The minimum atomic E-state index is -0.449. The molecule has 0 radical (unpaired) electrons. The highest BCUT2D eigenvalue weighted by Gasteiger charge is 2.20. The fraction of sp³-hybridized carbons (Fsp3) is 0.208. The lowest BCUT2D eigenvalue weighted by Crippen LogP contribution is -2.15. The van der Waals surface area contributed by atoms with E-state index in [2.05, 4.69) is 27.8 Å². The van der Waals surface area contributed by atoms with Crippen molar-refractivity contribution in [2.75, 3.05) is 11.9 Å². The van der Waals surface area contributed by atoms with Gasteiger partial charge in [0.1, 0.15) is 5.82 Å². The number of amides is 1. The maximum Gasteiger partial charge on any atom is 0.249 e. The first-order valence-corrected chi connectivity index (χ1v) is 10.5. The minimum absolute atomic E-state index is 0.449. The minimum Gasteiger partial charge on any atom is -0.366 e. The Morgan fingerprint density at radius 2 is 1.94 bits per heavy atom. The summed E-state index contributed by atoms with van der Waals surface area (Å²) in [5, 5.41) is 8.65. The third kappa shape index (κ3) is 3.75. The lowest BCUT2D eigenvalue weighted by Gasteiger charge is -2.15. The number of fused-ring (bicyclic) bond motifs is 2. The fourth-order valence-corrected chi connectivity index (χ4v) is 4.12. The molecule has 4 aromatic rings. The molecule has 31 heavy (non-hydrogen) atoms. The number of primary amides is 1. The number of aromatic amines is 1. The second kappa shape index (κ2) is 8.20. The van der Waals surface area contributed by atoms with E-state index in [0.29, 0.717) is 17.9 Å². The molecular formula is C24H24N6O. The lowest BCUT2D eigenvalue weighted by molar-refractivity contribution is 0.100. The van der Waals surface area contributed by atoms with Crippen molar-refractivity contribution in [2.45, 2.75) is 25.9 Å². The summed E-state index contributed by atoms with van der Waals surface area (Å²) >= 11 is 0. The molecule has 0 bridgehead atoms. The molecule has 7 heteroatoms. The van der Waals surface area contributed by atoms with Crippen LogP contribution < -0.4 is 16.4 Å². The van der Waals surface area contributed by atoms with Crippen LogP contribution in [0.15, 0.2) is 54.7 Å². The number of rotatable bonds is 5. The van der Waals surface area contributed by atoms with E-state index in [1.54, 1.807) is 12.3 Å². The molecule has 3 heterocycles. The van der Waals surface area contributed by atoms with Crippen molar-refractivity contribution in [1.29, 1.82) is 0 Å². The Bertz CT molecular complexity index is 1250. The first kappa shape index (κ1) is 19.3. The second-order valence-corrected chi connectivity index (χ2v) is 7.74. The van der Waals surface area contributed by atoms with E-state index in [4.69, 9.17) is 15.7 Å². The van der Waals surface area contributed by atoms with Gasteiger partial charge in [0.2, 0.25) is 5.91 Å². The number of aromatic nitrogens is 3. The van der Waals surface area contributed by atoms with Crippen molar-refractivity contribution < 1.29 is 4.79 Å². The molecule has 5 N–H and O–H groups in total. The summed E-state index contributed by atoms with van der Waals surface area (Å²) in [5.41, 5.74) is 10.2. The highest BCUT2D eigenvalue weighted by molar-refractivity contribution is 6.09. The molecule has 5 rings (SSSR count). The molecule has 2 aromatic heterocycles. The van der Waals surface area contributed by atoms with Crippen molar-refractivity contribution in [1.82, 2.24) is 20.3 Å². The fourth-order valence-electron chi connectivity index (χ4n) is 4.12. The third-order valence-electron chi connectivity index (χ3n) is 5.69. The number of nitrogens with one attached hydrogen (secondary N) is 3. The normalized spacial score (nSPS) is 13.5. The monoisotopic (exact) mass is 412 g/mol. The first-order valence-electron chi connectivity index (χ1n) is 10.5. The van der Waals surface area contributed by atoms with Crippen LogP contribution in [0.2, 0.25) is 0 Å². The van der Waals surface area contributed by atoms with Gasteiger partial charge in [0.05, 0.1) is 11.4 Å². The Hall–Kier alpha value is -3.71. The molecule has 156 valence electrons. The van der Waals surface area contributed by atoms with E-state index < -0.39 is 5.91 Å². The van der Waals surface area contributed by atoms with Crippen molar-refractivity contribution in [3.63, 3.8) is 0 Å². The molecular weight excluding hydrogens is 388 g/mol. The van der Waals surface area contributed by atoms with Gasteiger partial charge in [0.25, 0.3) is 0 Å². The number of nitrogens with two attached hydrogens (primary N) is 1. The number of carbonyl (C=O) groups excluding carboxylic acids is 1. The number of H-pyrrole nitrogens is 1. The maximum absolute atomic E-state index is 11.8. The number of anilines is 1. The lowest BCUT2D eigenvalue weighted by atomic mass is 10.1. The Kier molecular flexibility index (Phi) is 5.09. The number of carbonyl (C=O) groups is 1. The SMILES string of the molecule is NC(=O)c1cccc2c(-c3nc4c(c(NCc5ccccc5)n3)CNCCC4)[nH]cc12. The van der Waals surface area contributed by atoms with E-state index in [0.717, 1.165) is 59.5 Å². The summed E-state index contributed by atoms with van der Waals surface area (Å²) in [5.74, 6) is 1.01. The van der Waals surface area contributed by atoms with Crippen LogP contribution in [-0.4, -0.2) is 27.4 Å². The molecule has 2 aromatic carbocycles. The van der Waals surface area contributed by atoms with Crippen LogP contribution in [-0.2, 0) is 19.5 Å². The average molecular weight is 412 g/mol. The number of hydrogen-bond donors (Lipinski definition) is 4. The Labute approximate surface area is 180 Å². The summed E-state index contributed by atoms with van der Waals surface area (Å²) in [4.78, 5) is 24.9. The molecule has 0 spiro atoms. The molecule has 1 aliphatic heterocycles. The molecule has 7 nitrogen and oxygen atoms in total. The van der Waals surface area contributed by atoms with Gasteiger partial charge in [-0.1, -0.05) is 42.5 Å². The zero-order valence-corrected chi connectivity index (χ0v) is 17.1. The van der Waals surface area contributed by atoms with Crippen LogP contribution >= 0.6 is 0 Å². The van der Waals surface area contributed by atoms with Crippen LogP contribution in [0.3, 0.4) is 0 Å². The van der Waals surface area contributed by atoms with E-state index in [1.807, 2.05) is 30.3 Å². The first-order chi connectivity index (χ1) is 15.2. The average Bonchev–Trinajstić information content (AvgIpc) is 3.08. The Balaban J connectivity index is 1.59. The van der Waals surface area contributed by atoms with Crippen LogP contribution in [0.1, 0.15) is 33.6 Å². The summed E-state index contributed by atoms with van der Waals surface area (Å²) < 4.78 is 0. The van der Waals surface area contributed by atoms with Gasteiger partial charge in [-0.25, -0.2) is 9.97 Å². The zero-order valence-electron chi connectivity index (χ0n) is 17.1. The van der Waals surface area contributed by atoms with Crippen LogP contribution in [0.5, 0.6) is 0 Å². The summed E-state index contributed by atoms with van der Waals surface area (Å²) in [6, 6.07) is 15.8. The second-order valence-electron chi connectivity index (χ2n) is 7.74. The van der Waals surface area contributed by atoms with Gasteiger partial charge in [-0.3, -0.25) is 4.79 Å². The molecule has 0 aliphatic carbocycles. The van der Waals surface area contributed by atoms with Gasteiger partial charge in [-0.05, 0) is 31.0 Å². The van der Waals surface area contributed by atoms with Crippen LogP contribution in [0.4, 0.5) is 5.82 Å². The topological polar surface area (TPSA) is 109 Å². The van der Waals surface area contributed by atoms with Crippen molar-refractivity contribution in [3.8, 4) is 11.5 Å². The number of hydrogen-bond acceptors (Lipinski definition) is 5. The summed E-state index contributed by atoms with van der Waals surface area (Å²) in [6.07, 6.45) is 3.72. The summed E-state index contributed by atoms with van der Waals surface area (Å²) in [6.45, 7) is 2.38. The van der Waals surface area contributed by atoms with Crippen LogP contribution in [0, 0.1) is 0 Å². The standard InChI is InChI=1S/C24H24N6O/c25-22(31)17-9-4-8-16-18(17)14-27-21(16)24-29-20-10-5-11-26-13-19(20)23(30-24)28-12-15-6-2-1-3-7-15/h1-4,6-9,14,26-27H,5,10-13H2,(H2,25,31)(H,28,29,30). The van der Waals surface area contributed by atoms with E-state index in [9.17, 15) is 4.79 Å². The largest absolute Gasteiger partial charge is 0.366 e. The molecule has 1 aliphatic rings. The molecule has 0 saturated carbocycles. The highest BCUT2D eigenvalue weighted by atomic mass is 16.1. The molecule has 0 saturated heterocycles. The predicted octanol–water partition coefficient (Wildman–Crippen LogP) is 3.37. The Morgan fingerprint density at radius 1 is 1.06 bits per heavy atom. The van der Waals surface area contributed by atoms with Gasteiger partial charge in [0.15, 0.2) is 5.82 Å². The van der Waals surface area contributed by atoms with E-state index in [-0.39, 0.29) is 0 Å².